The number of amides is 2. The van der Waals surface area contributed by atoms with Crippen LogP contribution in [0.15, 0.2) is 16.5 Å². The number of nitrogens with zero attached hydrogens (tertiary/aromatic N) is 2. The van der Waals surface area contributed by atoms with Crippen LogP contribution >= 0.6 is 0 Å². The molecular weight excluding hydrogens is 206 g/mol. The van der Waals surface area contributed by atoms with Gasteiger partial charge < -0.3 is 19.5 Å². The fraction of sp³-hybridized carbons (Fsp3) is 0.545. The topological polar surface area (TPSA) is 48.7 Å². The molecule has 5 nitrogen and oxygen atoms in total. The first-order chi connectivity index (χ1) is 7.70. The van der Waals surface area contributed by atoms with Crippen LogP contribution in [0.5, 0.6) is 0 Å². The summed E-state index contributed by atoms with van der Waals surface area (Å²) in [7, 11) is 3.69. The van der Waals surface area contributed by atoms with Gasteiger partial charge in [-0.25, -0.2) is 4.79 Å². The van der Waals surface area contributed by atoms with Gasteiger partial charge in [0.1, 0.15) is 11.5 Å². The molecule has 0 atom stereocenters. The van der Waals surface area contributed by atoms with E-state index >= 15 is 0 Å². The predicted octanol–water partition coefficient (Wildman–Crippen LogP) is 0.866. The molecule has 1 fully saturated rings. The molecule has 16 heavy (non-hydrogen) atoms. The van der Waals surface area contributed by atoms with E-state index in [1.54, 1.807) is 9.80 Å². The van der Waals surface area contributed by atoms with Crippen LogP contribution < -0.4 is 5.32 Å². The number of nitrogens with one attached hydrogen (secondary N) is 1. The van der Waals surface area contributed by atoms with Crippen molar-refractivity contribution in [3.05, 3.63) is 23.7 Å². The lowest BCUT2D eigenvalue weighted by Gasteiger charge is -2.13. The quantitative estimate of drug-likeness (QED) is 0.823. The van der Waals surface area contributed by atoms with Crippen LogP contribution in [0.4, 0.5) is 4.79 Å². The summed E-state index contributed by atoms with van der Waals surface area (Å²) in [5.41, 5.74) is 0. The maximum atomic E-state index is 11.6. The largest absolute Gasteiger partial charge is 0.463 e. The number of rotatable bonds is 4. The highest BCUT2D eigenvalue weighted by Gasteiger charge is 2.25. The number of carbonyl (C=O) groups is 1. The molecule has 1 aliphatic rings. The lowest BCUT2D eigenvalue weighted by molar-refractivity contribution is 0.193. The predicted molar refractivity (Wildman–Crippen MR) is 59.9 cm³/mol. The number of likely N-dealkylation sites (N-methyl/N-ethyl adjacent to an activating group) is 1. The third-order valence-corrected chi connectivity index (χ3v) is 2.72. The fourth-order valence-electron chi connectivity index (χ4n) is 1.81. The SMILES string of the molecule is CNCc1ccc(CN2CCN(C)C2=O)o1. The molecule has 2 amide bonds. The van der Waals surface area contributed by atoms with Crippen molar-refractivity contribution in [3.63, 3.8) is 0 Å². The molecule has 0 aromatic carbocycles. The summed E-state index contributed by atoms with van der Waals surface area (Å²) in [4.78, 5) is 15.2. The van der Waals surface area contributed by atoms with E-state index in [-0.39, 0.29) is 6.03 Å². The molecule has 1 aromatic rings. The first kappa shape index (κ1) is 11.0. The third-order valence-electron chi connectivity index (χ3n) is 2.72. The van der Waals surface area contributed by atoms with Gasteiger partial charge in [0.05, 0.1) is 13.1 Å². The molecule has 1 aliphatic heterocycles. The van der Waals surface area contributed by atoms with Gasteiger partial charge in [-0.05, 0) is 19.2 Å². The van der Waals surface area contributed by atoms with E-state index in [0.717, 1.165) is 24.6 Å². The van der Waals surface area contributed by atoms with Crippen LogP contribution in [-0.2, 0) is 13.1 Å². The van der Waals surface area contributed by atoms with Gasteiger partial charge in [0.25, 0.3) is 0 Å². The Morgan fingerprint density at radius 2 is 2.12 bits per heavy atom. The maximum absolute atomic E-state index is 11.6. The van der Waals surface area contributed by atoms with E-state index in [2.05, 4.69) is 5.32 Å². The number of hydrogen-bond donors (Lipinski definition) is 1. The molecule has 5 heteroatoms. The second-order valence-electron chi connectivity index (χ2n) is 4.02. The highest BCUT2D eigenvalue weighted by Crippen LogP contribution is 2.14. The smallest absolute Gasteiger partial charge is 0.320 e. The number of urea groups is 1. The molecule has 1 aromatic heterocycles. The standard InChI is InChI=1S/C11H17N3O2/c1-12-7-9-3-4-10(16-9)8-14-6-5-13(2)11(14)15/h3-4,12H,5-8H2,1-2H3. The zero-order valence-electron chi connectivity index (χ0n) is 9.69. The van der Waals surface area contributed by atoms with Gasteiger partial charge in [0.2, 0.25) is 0 Å². The second kappa shape index (κ2) is 4.57. The first-order valence-electron chi connectivity index (χ1n) is 5.43. The summed E-state index contributed by atoms with van der Waals surface area (Å²) in [6.45, 7) is 2.85. The monoisotopic (exact) mass is 223 g/mol. The van der Waals surface area contributed by atoms with E-state index in [1.165, 1.54) is 0 Å². The minimum absolute atomic E-state index is 0.0755. The van der Waals surface area contributed by atoms with Crippen molar-refractivity contribution < 1.29 is 9.21 Å². The van der Waals surface area contributed by atoms with Crippen LogP contribution in [0, 0.1) is 0 Å². The summed E-state index contributed by atoms with van der Waals surface area (Å²) < 4.78 is 5.59. The van der Waals surface area contributed by atoms with Crippen LogP contribution in [0.3, 0.4) is 0 Å². The minimum atomic E-state index is 0.0755. The second-order valence-corrected chi connectivity index (χ2v) is 4.02. The Labute approximate surface area is 95.0 Å². The van der Waals surface area contributed by atoms with Crippen LogP contribution in [0.1, 0.15) is 11.5 Å². The molecule has 1 saturated heterocycles. The molecular formula is C11H17N3O2. The van der Waals surface area contributed by atoms with Gasteiger partial charge in [0, 0.05) is 20.1 Å². The number of hydrogen-bond acceptors (Lipinski definition) is 3. The Balaban J connectivity index is 1.96. The zero-order valence-corrected chi connectivity index (χ0v) is 9.69. The number of furan rings is 1. The van der Waals surface area contributed by atoms with Gasteiger partial charge in [-0.2, -0.15) is 0 Å². The molecule has 88 valence electrons. The molecule has 2 heterocycles. The van der Waals surface area contributed by atoms with Crippen molar-refractivity contribution in [2.24, 2.45) is 0 Å². The van der Waals surface area contributed by atoms with E-state index < -0.39 is 0 Å². The minimum Gasteiger partial charge on any atom is -0.463 e. The van der Waals surface area contributed by atoms with E-state index in [9.17, 15) is 4.79 Å². The van der Waals surface area contributed by atoms with Crippen LogP contribution in [0.25, 0.3) is 0 Å². The summed E-state index contributed by atoms with van der Waals surface area (Å²) in [6, 6.07) is 3.94. The Kier molecular flexibility index (Phi) is 3.14. The lowest BCUT2D eigenvalue weighted by atomic mass is 10.4. The van der Waals surface area contributed by atoms with Crippen molar-refractivity contribution in [1.29, 1.82) is 0 Å². The van der Waals surface area contributed by atoms with Gasteiger partial charge in [0.15, 0.2) is 0 Å². The van der Waals surface area contributed by atoms with Gasteiger partial charge in [-0.1, -0.05) is 0 Å². The molecule has 0 radical (unpaired) electrons. The van der Waals surface area contributed by atoms with Crippen molar-refractivity contribution in [2.75, 3.05) is 27.2 Å². The third kappa shape index (κ3) is 2.19. The molecule has 0 unspecified atom stereocenters. The van der Waals surface area contributed by atoms with Crippen molar-refractivity contribution in [2.45, 2.75) is 13.1 Å². The van der Waals surface area contributed by atoms with Gasteiger partial charge in [-0.3, -0.25) is 0 Å². The van der Waals surface area contributed by atoms with Gasteiger partial charge in [-0.15, -0.1) is 0 Å². The van der Waals surface area contributed by atoms with Crippen molar-refractivity contribution in [3.8, 4) is 0 Å². The summed E-state index contributed by atoms with van der Waals surface area (Å²) >= 11 is 0. The molecule has 1 N–H and O–H groups in total. The summed E-state index contributed by atoms with van der Waals surface area (Å²) in [5, 5.41) is 3.02. The molecule has 0 spiro atoms. The highest BCUT2D eigenvalue weighted by molar-refractivity contribution is 5.76. The Morgan fingerprint density at radius 3 is 2.75 bits per heavy atom. The summed E-state index contributed by atoms with van der Waals surface area (Å²) in [6.07, 6.45) is 0. The van der Waals surface area contributed by atoms with Crippen LogP contribution in [-0.4, -0.2) is 43.0 Å². The Bertz CT molecular complexity index is 375. The molecule has 0 saturated carbocycles. The van der Waals surface area contributed by atoms with E-state index in [1.807, 2.05) is 26.2 Å². The average Bonchev–Trinajstić information content (AvgIpc) is 2.82. The van der Waals surface area contributed by atoms with Gasteiger partial charge >= 0.3 is 6.03 Å². The molecule has 2 rings (SSSR count). The fourth-order valence-corrected chi connectivity index (χ4v) is 1.81. The average molecular weight is 223 g/mol. The number of carbonyl (C=O) groups excluding carboxylic acids is 1. The maximum Gasteiger partial charge on any atom is 0.320 e. The summed E-state index contributed by atoms with van der Waals surface area (Å²) in [5.74, 6) is 1.74. The molecule has 0 bridgehead atoms. The first-order valence-corrected chi connectivity index (χ1v) is 5.43. The lowest BCUT2D eigenvalue weighted by Crippen LogP contribution is -2.28. The van der Waals surface area contributed by atoms with Crippen LogP contribution in [0.2, 0.25) is 0 Å². The molecule has 0 aliphatic carbocycles. The van der Waals surface area contributed by atoms with E-state index in [0.29, 0.717) is 13.1 Å². The van der Waals surface area contributed by atoms with Crippen molar-refractivity contribution >= 4 is 6.03 Å². The zero-order chi connectivity index (χ0) is 11.5. The van der Waals surface area contributed by atoms with E-state index in [4.69, 9.17) is 4.42 Å². The Hall–Kier alpha value is -1.49. The normalized spacial score (nSPS) is 16.2. The Morgan fingerprint density at radius 1 is 1.38 bits per heavy atom. The van der Waals surface area contributed by atoms with Crippen molar-refractivity contribution in [1.82, 2.24) is 15.1 Å². The highest BCUT2D eigenvalue weighted by atomic mass is 16.3.